The van der Waals surface area contributed by atoms with Gasteiger partial charge in [0.1, 0.15) is 6.04 Å². The normalized spacial score (nSPS) is 14.4. The molecule has 1 heterocycles. The van der Waals surface area contributed by atoms with Gasteiger partial charge in [-0.2, -0.15) is 0 Å². The van der Waals surface area contributed by atoms with E-state index in [4.69, 9.17) is 4.74 Å². The van der Waals surface area contributed by atoms with Gasteiger partial charge < -0.3 is 10.1 Å². The zero-order chi connectivity index (χ0) is 12.8. The van der Waals surface area contributed by atoms with Gasteiger partial charge in [0.2, 0.25) is 0 Å². The number of carbonyl (C=O) groups is 1. The minimum Gasteiger partial charge on any atom is -0.468 e. The van der Waals surface area contributed by atoms with E-state index in [0.717, 1.165) is 10.2 Å². The monoisotopic (exact) mass is 319 g/mol. The van der Waals surface area contributed by atoms with Crippen molar-refractivity contribution in [2.45, 2.75) is 32.9 Å². The topological polar surface area (TPSA) is 38.3 Å². The smallest absolute Gasteiger partial charge is 0.323 e. The highest BCUT2D eigenvalue weighted by atomic mass is 79.9. The third-order valence-electron chi connectivity index (χ3n) is 2.82. The molecule has 0 spiro atoms. The van der Waals surface area contributed by atoms with Gasteiger partial charge in [-0.25, -0.2) is 0 Å². The maximum absolute atomic E-state index is 11.6. The van der Waals surface area contributed by atoms with Crippen LogP contribution in [0.3, 0.4) is 0 Å². The molecule has 2 atom stereocenters. The molecule has 1 aromatic rings. The van der Waals surface area contributed by atoms with E-state index < -0.39 is 0 Å². The van der Waals surface area contributed by atoms with E-state index in [1.807, 2.05) is 0 Å². The standard InChI is InChI=1S/C12H18BrNO2S/c1-4-8(2)11(12(15)16-3)14-6-9-5-10(13)17-7-9/h5,7-8,11,14H,4,6H2,1-3H3. The summed E-state index contributed by atoms with van der Waals surface area (Å²) in [5, 5.41) is 5.33. The van der Waals surface area contributed by atoms with Crippen molar-refractivity contribution in [2.75, 3.05) is 7.11 Å². The fourth-order valence-electron chi connectivity index (χ4n) is 1.55. The van der Waals surface area contributed by atoms with E-state index in [-0.39, 0.29) is 17.9 Å². The van der Waals surface area contributed by atoms with Crippen LogP contribution in [0.5, 0.6) is 0 Å². The molecule has 0 aromatic carbocycles. The van der Waals surface area contributed by atoms with Gasteiger partial charge in [0.05, 0.1) is 10.9 Å². The molecule has 0 saturated heterocycles. The van der Waals surface area contributed by atoms with Crippen molar-refractivity contribution in [3.05, 3.63) is 20.8 Å². The summed E-state index contributed by atoms with van der Waals surface area (Å²) in [6.07, 6.45) is 0.945. The van der Waals surface area contributed by atoms with Crippen LogP contribution in [0.4, 0.5) is 0 Å². The summed E-state index contributed by atoms with van der Waals surface area (Å²) >= 11 is 5.07. The number of ether oxygens (including phenoxy) is 1. The van der Waals surface area contributed by atoms with Crippen LogP contribution >= 0.6 is 27.3 Å². The molecule has 0 bridgehead atoms. The average molecular weight is 320 g/mol. The van der Waals surface area contributed by atoms with Crippen molar-refractivity contribution >= 4 is 33.2 Å². The molecular formula is C12H18BrNO2S. The highest BCUT2D eigenvalue weighted by Gasteiger charge is 2.24. The average Bonchev–Trinajstić information content (AvgIpc) is 2.74. The summed E-state index contributed by atoms with van der Waals surface area (Å²) in [5.74, 6) is 0.0816. The lowest BCUT2D eigenvalue weighted by Crippen LogP contribution is -2.42. The van der Waals surface area contributed by atoms with Crippen LogP contribution in [0.25, 0.3) is 0 Å². The van der Waals surface area contributed by atoms with Crippen LogP contribution in [0.2, 0.25) is 0 Å². The maximum atomic E-state index is 11.6. The van der Waals surface area contributed by atoms with Gasteiger partial charge in [-0.1, -0.05) is 20.3 Å². The molecule has 96 valence electrons. The summed E-state index contributed by atoms with van der Waals surface area (Å²) in [6.45, 7) is 4.81. The number of esters is 1. The van der Waals surface area contributed by atoms with Crippen LogP contribution < -0.4 is 5.32 Å². The number of hydrogen-bond donors (Lipinski definition) is 1. The second kappa shape index (κ2) is 7.13. The third-order valence-corrected chi connectivity index (χ3v) is 4.37. The molecule has 0 fully saturated rings. The molecule has 0 radical (unpaired) electrons. The Hall–Kier alpha value is -0.390. The lowest BCUT2D eigenvalue weighted by atomic mass is 9.99. The fraction of sp³-hybridized carbons (Fsp3) is 0.583. The van der Waals surface area contributed by atoms with Gasteiger partial charge in [0, 0.05) is 6.54 Å². The van der Waals surface area contributed by atoms with Crippen molar-refractivity contribution in [1.82, 2.24) is 5.32 Å². The van der Waals surface area contributed by atoms with Gasteiger partial charge in [0.25, 0.3) is 0 Å². The second-order valence-electron chi connectivity index (χ2n) is 4.03. The summed E-state index contributed by atoms with van der Waals surface area (Å²) in [6, 6.07) is 1.83. The van der Waals surface area contributed by atoms with Crippen LogP contribution in [0.15, 0.2) is 15.2 Å². The van der Waals surface area contributed by atoms with Crippen molar-refractivity contribution in [1.29, 1.82) is 0 Å². The summed E-state index contributed by atoms with van der Waals surface area (Å²) < 4.78 is 5.92. The fourth-order valence-corrected chi connectivity index (χ4v) is 2.75. The van der Waals surface area contributed by atoms with E-state index in [9.17, 15) is 4.79 Å². The molecule has 0 aliphatic rings. The first kappa shape index (κ1) is 14.7. The van der Waals surface area contributed by atoms with E-state index in [1.165, 1.54) is 12.7 Å². The van der Waals surface area contributed by atoms with E-state index in [0.29, 0.717) is 6.54 Å². The lowest BCUT2D eigenvalue weighted by molar-refractivity contribution is -0.144. The Labute approximate surface area is 115 Å². The van der Waals surface area contributed by atoms with E-state index in [1.54, 1.807) is 11.3 Å². The largest absolute Gasteiger partial charge is 0.468 e. The first-order valence-electron chi connectivity index (χ1n) is 5.62. The first-order chi connectivity index (χ1) is 8.08. The maximum Gasteiger partial charge on any atom is 0.323 e. The molecule has 0 aliphatic carbocycles. The van der Waals surface area contributed by atoms with Crippen molar-refractivity contribution < 1.29 is 9.53 Å². The minimum atomic E-state index is -0.233. The molecule has 1 rings (SSSR count). The van der Waals surface area contributed by atoms with Gasteiger partial charge >= 0.3 is 5.97 Å². The predicted octanol–water partition coefficient (Wildman–Crippen LogP) is 3.19. The summed E-state index contributed by atoms with van der Waals surface area (Å²) in [7, 11) is 1.43. The Morgan fingerprint density at radius 3 is 2.82 bits per heavy atom. The molecule has 0 amide bonds. The summed E-state index contributed by atoms with van der Waals surface area (Å²) in [4.78, 5) is 11.6. The second-order valence-corrected chi connectivity index (χ2v) is 6.32. The van der Waals surface area contributed by atoms with Crippen LogP contribution in [-0.2, 0) is 16.1 Å². The van der Waals surface area contributed by atoms with Gasteiger partial charge in [0.15, 0.2) is 0 Å². The quantitative estimate of drug-likeness (QED) is 0.818. The van der Waals surface area contributed by atoms with Crippen molar-refractivity contribution in [3.63, 3.8) is 0 Å². The number of methoxy groups -OCH3 is 1. The molecule has 2 unspecified atom stereocenters. The summed E-state index contributed by atoms with van der Waals surface area (Å²) in [5.41, 5.74) is 1.18. The number of halogens is 1. The molecule has 3 nitrogen and oxygen atoms in total. The zero-order valence-corrected chi connectivity index (χ0v) is 12.7. The van der Waals surface area contributed by atoms with Gasteiger partial charge in [-0.05, 0) is 38.9 Å². The number of nitrogens with one attached hydrogen (secondary N) is 1. The van der Waals surface area contributed by atoms with Crippen LogP contribution in [0.1, 0.15) is 25.8 Å². The number of carbonyl (C=O) groups excluding carboxylic acids is 1. The molecule has 5 heteroatoms. The molecule has 0 aliphatic heterocycles. The van der Waals surface area contributed by atoms with Crippen LogP contribution in [0, 0.1) is 5.92 Å². The molecule has 1 aromatic heterocycles. The van der Waals surface area contributed by atoms with Crippen molar-refractivity contribution in [3.8, 4) is 0 Å². The predicted molar refractivity (Wildman–Crippen MR) is 74.1 cm³/mol. The molecule has 1 N–H and O–H groups in total. The zero-order valence-electron chi connectivity index (χ0n) is 10.3. The SMILES string of the molecule is CCC(C)C(NCc1csc(Br)c1)C(=O)OC. The van der Waals surface area contributed by atoms with Gasteiger partial charge in [-0.15, -0.1) is 11.3 Å². The van der Waals surface area contributed by atoms with Gasteiger partial charge in [-0.3, -0.25) is 4.79 Å². The van der Waals surface area contributed by atoms with Crippen LogP contribution in [-0.4, -0.2) is 19.1 Å². The number of rotatable bonds is 6. The first-order valence-corrected chi connectivity index (χ1v) is 7.29. The molecule has 0 saturated carbocycles. The van der Waals surface area contributed by atoms with Crippen molar-refractivity contribution in [2.24, 2.45) is 5.92 Å². The highest BCUT2D eigenvalue weighted by molar-refractivity contribution is 9.11. The lowest BCUT2D eigenvalue weighted by Gasteiger charge is -2.21. The number of hydrogen-bond acceptors (Lipinski definition) is 4. The van der Waals surface area contributed by atoms with E-state index in [2.05, 4.69) is 46.5 Å². The molecule has 17 heavy (non-hydrogen) atoms. The number of thiophene rings is 1. The third kappa shape index (κ3) is 4.41. The Morgan fingerprint density at radius 1 is 1.65 bits per heavy atom. The molecular weight excluding hydrogens is 302 g/mol. The Bertz CT molecular complexity index is 367. The van der Waals surface area contributed by atoms with E-state index >= 15 is 0 Å². The Balaban J connectivity index is 2.57. The highest BCUT2D eigenvalue weighted by Crippen LogP contribution is 2.21. The Kier molecular flexibility index (Phi) is 6.16. The Morgan fingerprint density at radius 2 is 2.35 bits per heavy atom. The minimum absolute atomic E-state index is 0.186.